The Morgan fingerprint density at radius 2 is 1.67 bits per heavy atom. The molecule has 5 heterocycles. The van der Waals surface area contributed by atoms with Crippen LogP contribution in [0.5, 0.6) is 0 Å². The Hall–Kier alpha value is -6.05. The summed E-state index contributed by atoms with van der Waals surface area (Å²) in [6.07, 6.45) is 5.24. The molecule has 1 N–H and O–H groups in total. The number of hydrogen-bond acceptors (Lipinski definition) is 12. The van der Waals surface area contributed by atoms with Crippen molar-refractivity contribution in [1.82, 2.24) is 10.3 Å². The van der Waals surface area contributed by atoms with Crippen LogP contribution in [0.2, 0.25) is 0 Å². The highest BCUT2D eigenvalue weighted by molar-refractivity contribution is 6.25. The normalized spacial score (nSPS) is 20.1. The van der Waals surface area contributed by atoms with Gasteiger partial charge in [0.1, 0.15) is 0 Å². The molecule has 1 amide bonds. The molecule has 0 saturated carbocycles. The Bertz CT molecular complexity index is 2200. The molecule has 0 aromatic carbocycles. The lowest BCUT2D eigenvalue weighted by Crippen LogP contribution is -2.50. The molecule has 3 atom stereocenters. The van der Waals surface area contributed by atoms with Crippen LogP contribution in [0.15, 0.2) is 84.6 Å². The number of aromatic nitrogens is 1. The highest BCUT2D eigenvalue weighted by atomic mass is 16.5. The summed E-state index contributed by atoms with van der Waals surface area (Å²) >= 11 is 0. The van der Waals surface area contributed by atoms with Crippen LogP contribution >= 0.6 is 0 Å². The Morgan fingerprint density at radius 1 is 0.962 bits per heavy atom. The van der Waals surface area contributed by atoms with Crippen LogP contribution in [0.3, 0.4) is 0 Å². The molecule has 0 spiro atoms. The van der Waals surface area contributed by atoms with Gasteiger partial charge in [-0.15, -0.1) is 10.7 Å². The van der Waals surface area contributed by atoms with E-state index in [0.717, 1.165) is 22.3 Å². The quantitative estimate of drug-likeness (QED) is 0.227. The lowest BCUT2D eigenvalue weighted by molar-refractivity contribution is -0.514. The maximum Gasteiger partial charge on any atom is 0.225 e. The lowest BCUT2D eigenvalue weighted by atomic mass is 9.83. The van der Waals surface area contributed by atoms with E-state index >= 15 is 0 Å². The highest BCUT2D eigenvalue weighted by Gasteiger charge is 2.37. The number of carbonyl (C=O) groups excluding carboxylic acids is 4. The molecule has 5 rings (SSSR count). The molecule has 52 heavy (non-hydrogen) atoms. The number of rotatable bonds is 11. The fourth-order valence-electron chi connectivity index (χ4n) is 6.96. The van der Waals surface area contributed by atoms with Crippen LogP contribution in [-0.2, 0) is 25.6 Å². The van der Waals surface area contributed by atoms with E-state index in [1.54, 1.807) is 25.2 Å². The zero-order valence-electron chi connectivity index (χ0n) is 29.2. The molecule has 4 aliphatic heterocycles. The van der Waals surface area contributed by atoms with Gasteiger partial charge in [-0.3, -0.25) is 9.79 Å². The first kappa shape index (κ1) is 37.2. The van der Waals surface area contributed by atoms with E-state index in [1.165, 1.54) is 6.92 Å². The summed E-state index contributed by atoms with van der Waals surface area (Å²) in [6, 6.07) is -1.97. The van der Waals surface area contributed by atoms with E-state index in [4.69, 9.17) is 20.0 Å². The molecule has 0 fully saturated rings. The van der Waals surface area contributed by atoms with Crippen molar-refractivity contribution in [1.29, 1.82) is 0 Å². The van der Waals surface area contributed by atoms with Gasteiger partial charge in [-0.1, -0.05) is 49.8 Å². The third kappa shape index (κ3) is 7.09. The number of amides is 1. The molecule has 0 aliphatic carbocycles. The van der Waals surface area contributed by atoms with Crippen LogP contribution < -0.4 is 46.5 Å². The van der Waals surface area contributed by atoms with Gasteiger partial charge in [-0.2, -0.15) is 5.95 Å². The molecule has 4 aliphatic rings. The van der Waals surface area contributed by atoms with Gasteiger partial charge in [0.05, 0.1) is 46.9 Å². The maximum absolute atomic E-state index is 13.5. The molecule has 0 unspecified atom stereocenters. The van der Waals surface area contributed by atoms with E-state index in [0.29, 0.717) is 34.2 Å². The van der Waals surface area contributed by atoms with E-state index in [2.05, 4.69) is 11.9 Å². The number of allylic oxidation sites excluding steroid dienone is 8. The number of aliphatic carboxylic acids is 3. The molecule has 14 nitrogen and oxygen atoms in total. The number of nitrogens with one attached hydrogen (secondary N) is 1. The third-order valence-electron chi connectivity index (χ3n) is 9.77. The second kappa shape index (κ2) is 14.7. The molecule has 14 heteroatoms. The summed E-state index contributed by atoms with van der Waals surface area (Å²) in [5.74, 6) is -8.82. The van der Waals surface area contributed by atoms with Crippen molar-refractivity contribution >= 4 is 53.1 Å². The zero-order chi connectivity index (χ0) is 38.2. The maximum atomic E-state index is 13.5. The summed E-state index contributed by atoms with van der Waals surface area (Å²) in [7, 11) is 0. The second-order valence-corrected chi connectivity index (χ2v) is 12.9. The van der Waals surface area contributed by atoms with Gasteiger partial charge in [0.15, 0.2) is 0 Å². The number of carboxylic acid groups (broad SMARTS) is 3. The Kier molecular flexibility index (Phi) is 10.5. The first-order valence-electron chi connectivity index (χ1n) is 16.7. The zero-order valence-corrected chi connectivity index (χ0v) is 29.2. The number of hydrogen-bond donors (Lipinski definition) is 1. The van der Waals surface area contributed by atoms with Crippen LogP contribution in [-0.4, -0.2) is 47.0 Å². The Morgan fingerprint density at radius 3 is 2.27 bits per heavy atom. The standard InChI is InChI=1S/C38H41N5O9/c1-7-20-16(3)24-12-26-18(5)22(9-10-32(45)46)35(42-26)23(11-31(44)41-30(37(49)50)15-33(47)48)36-34(38(51)52)19(6)27(43-36)14-29-21(8-2)17(4)25(40-29)13-28(20)39-24/h7,12-14,18,22,30H,1,8-11,15H2,2-6H3,(H7,39,40,41,42,43,44,45,46,47,48,49,50,51,52)/p-6/t18-,22-,30-/m0/s1. The Balaban J connectivity index is 1.86. The van der Waals surface area contributed by atoms with Gasteiger partial charge in [0.25, 0.3) is 0 Å². The molecular weight excluding hydrogens is 670 g/mol. The number of fused-ring (bicyclic) bond motifs is 5. The van der Waals surface area contributed by atoms with E-state index in [-0.39, 0.29) is 40.2 Å². The monoisotopic (exact) mass is 705 g/mol. The van der Waals surface area contributed by atoms with E-state index in [9.17, 15) is 44.7 Å². The van der Waals surface area contributed by atoms with E-state index in [1.807, 2.05) is 26.8 Å². The Labute approximate surface area is 298 Å². The molecule has 272 valence electrons. The minimum Gasteiger partial charge on any atom is -0.883 e. The average Bonchev–Trinajstić information content (AvgIpc) is 3.74. The minimum atomic E-state index is -1.97. The van der Waals surface area contributed by atoms with E-state index < -0.39 is 66.9 Å². The summed E-state index contributed by atoms with van der Waals surface area (Å²) in [4.78, 5) is 67.5. The molecule has 0 radical (unpaired) electrons. The molecular formula is C38H35N5O9-6. The topological polar surface area (TPSA) is 247 Å². The number of carbonyl (C=O) groups is 4. The fraction of sp³-hybridized carbons (Fsp3) is 0.342. The van der Waals surface area contributed by atoms with Gasteiger partial charge in [-0.25, -0.2) is 9.98 Å². The van der Waals surface area contributed by atoms with Crippen LogP contribution in [0.25, 0.3) is 12.2 Å². The number of nitrogens with zero attached hydrogens (tertiary/aromatic N) is 4. The van der Waals surface area contributed by atoms with Crippen molar-refractivity contribution in [2.24, 2.45) is 26.8 Å². The van der Waals surface area contributed by atoms with Crippen molar-refractivity contribution in [2.75, 3.05) is 0 Å². The van der Waals surface area contributed by atoms with Crippen molar-refractivity contribution in [3.8, 4) is 0 Å². The van der Waals surface area contributed by atoms with Gasteiger partial charge in [-0.05, 0) is 62.8 Å². The van der Waals surface area contributed by atoms with Crippen LogP contribution in [0, 0.1) is 18.8 Å². The first-order chi connectivity index (χ1) is 24.6. The average molecular weight is 706 g/mol. The fourth-order valence-corrected chi connectivity index (χ4v) is 6.96. The van der Waals surface area contributed by atoms with Crippen molar-refractivity contribution in [3.63, 3.8) is 0 Å². The van der Waals surface area contributed by atoms with Gasteiger partial charge in [0.2, 0.25) is 5.91 Å². The van der Waals surface area contributed by atoms with Gasteiger partial charge in [0, 0.05) is 47.1 Å². The summed E-state index contributed by atoms with van der Waals surface area (Å²) in [5.41, 5.74) is 4.83. The summed E-state index contributed by atoms with van der Waals surface area (Å²) < 4.78 is 0. The molecule has 1 aromatic heterocycles. The number of aliphatic imine (C=N–C) groups is 3. The van der Waals surface area contributed by atoms with Crippen molar-refractivity contribution < 1.29 is 44.7 Å². The smallest absolute Gasteiger partial charge is 0.225 e. The van der Waals surface area contributed by atoms with Crippen molar-refractivity contribution in [3.05, 3.63) is 91.5 Å². The minimum absolute atomic E-state index is 0.0279. The summed E-state index contributed by atoms with van der Waals surface area (Å²) in [5, 5.41) is 63.5. The predicted molar refractivity (Wildman–Crippen MR) is 180 cm³/mol. The van der Waals surface area contributed by atoms with Gasteiger partial charge >= 0.3 is 0 Å². The third-order valence-corrected chi connectivity index (χ3v) is 9.77. The SMILES string of the molecule is C=CC1=C(C)C2=CC3=NC(=C(CC(=O)N[C@@H](CC(=O)[O-])C(=O)[O-])C4=NC(=C(C)C4=C([O-])[O-])C=c4[n-]c(c(C)c4CC)=CC1=N2)[C@@H](CCC(=O)[O-])[C@@H]3C. The first-order valence-corrected chi connectivity index (χ1v) is 16.7. The van der Waals surface area contributed by atoms with Crippen molar-refractivity contribution in [2.45, 2.75) is 72.8 Å². The lowest BCUT2D eigenvalue weighted by Gasteiger charge is -2.27. The summed E-state index contributed by atoms with van der Waals surface area (Å²) in [6.45, 7) is 13.0. The molecule has 8 bridgehead atoms. The van der Waals surface area contributed by atoms with Gasteiger partial charge < -0.3 is 50.2 Å². The largest absolute Gasteiger partial charge is 0.883 e. The molecule has 0 saturated heterocycles. The number of carboxylic acids is 3. The predicted octanol–water partition coefficient (Wildman–Crippen LogP) is -3.15. The highest BCUT2D eigenvalue weighted by Crippen LogP contribution is 2.42. The molecule has 1 aromatic rings. The second-order valence-electron chi connectivity index (χ2n) is 12.9. The van der Waals surface area contributed by atoms with Crippen LogP contribution in [0.4, 0.5) is 0 Å². The van der Waals surface area contributed by atoms with Crippen LogP contribution in [0.1, 0.15) is 64.5 Å².